The van der Waals surface area contributed by atoms with Gasteiger partial charge in [-0.15, -0.1) is 22.7 Å². The summed E-state index contributed by atoms with van der Waals surface area (Å²) in [5.74, 6) is -0.126. The molecule has 0 aliphatic carbocycles. The van der Waals surface area contributed by atoms with Crippen molar-refractivity contribution < 1.29 is 9.18 Å². The summed E-state index contributed by atoms with van der Waals surface area (Å²) in [7, 11) is 0. The maximum absolute atomic E-state index is 12.5. The maximum atomic E-state index is 12.5. The Labute approximate surface area is 172 Å². The highest BCUT2D eigenvalue weighted by molar-refractivity contribution is 7.22. The number of hydrogen-bond acceptors (Lipinski definition) is 5. The van der Waals surface area contributed by atoms with Crippen LogP contribution in [0.25, 0.3) is 20.8 Å². The lowest BCUT2D eigenvalue weighted by molar-refractivity contribution is -0.116. The third-order valence-corrected chi connectivity index (χ3v) is 7.30. The summed E-state index contributed by atoms with van der Waals surface area (Å²) in [5.41, 5.74) is 3.36. The lowest BCUT2D eigenvalue weighted by Crippen LogP contribution is -2.35. The molecule has 0 bridgehead atoms. The van der Waals surface area contributed by atoms with E-state index in [1.165, 1.54) is 10.4 Å². The van der Waals surface area contributed by atoms with Gasteiger partial charge in [-0.05, 0) is 44.4 Å². The van der Waals surface area contributed by atoms with E-state index in [2.05, 4.69) is 30.1 Å². The second kappa shape index (κ2) is 8.27. The Kier molecular flexibility index (Phi) is 5.75. The molecule has 4 nitrogen and oxygen atoms in total. The van der Waals surface area contributed by atoms with Crippen LogP contribution in [0, 0.1) is 0 Å². The van der Waals surface area contributed by atoms with Gasteiger partial charge in [-0.25, -0.2) is 4.98 Å². The van der Waals surface area contributed by atoms with Gasteiger partial charge in [-0.2, -0.15) is 0 Å². The zero-order chi connectivity index (χ0) is 19.7. The number of benzene rings is 1. The Hall–Kier alpha value is -1.83. The number of carbonyl (C=O) groups is 1. The molecule has 28 heavy (non-hydrogen) atoms. The number of anilines is 1. The molecule has 2 aromatic heterocycles. The van der Waals surface area contributed by atoms with Crippen LogP contribution in [0.2, 0.25) is 0 Å². The molecule has 0 radical (unpaired) electrons. The van der Waals surface area contributed by atoms with Gasteiger partial charge >= 0.3 is 0 Å². The Balaban J connectivity index is 1.75. The van der Waals surface area contributed by atoms with Crippen molar-refractivity contribution in [3.63, 3.8) is 0 Å². The summed E-state index contributed by atoms with van der Waals surface area (Å²) in [6.45, 7) is 5.87. The summed E-state index contributed by atoms with van der Waals surface area (Å²) in [5, 5.41) is 4.87. The van der Waals surface area contributed by atoms with Crippen molar-refractivity contribution >= 4 is 43.8 Å². The zero-order valence-corrected chi connectivity index (χ0v) is 17.8. The predicted molar refractivity (Wildman–Crippen MR) is 116 cm³/mol. The normalized spacial score (nSPS) is 14.6. The van der Waals surface area contributed by atoms with Gasteiger partial charge < -0.3 is 5.32 Å². The quantitative estimate of drug-likeness (QED) is 0.578. The topological polar surface area (TPSA) is 45.2 Å². The number of para-hydroxylation sites is 1. The first-order valence-corrected chi connectivity index (χ1v) is 11.3. The fourth-order valence-electron chi connectivity index (χ4n) is 3.57. The first-order chi connectivity index (χ1) is 13.6. The molecule has 3 aromatic rings. The SMILES string of the molecule is CC(C)N1CCc2c(sc(NC(=O)CCCF)c2-c2nc3ccccc3s2)C1. The van der Waals surface area contributed by atoms with Crippen LogP contribution in [0.1, 0.15) is 37.1 Å². The number of hydrogen-bond donors (Lipinski definition) is 1. The number of halogens is 1. The fraction of sp³-hybridized carbons (Fsp3) is 0.429. The molecule has 0 fully saturated rings. The number of thiophene rings is 1. The predicted octanol–water partition coefficient (Wildman–Crippen LogP) is 5.48. The highest BCUT2D eigenvalue weighted by atomic mass is 32.1. The van der Waals surface area contributed by atoms with Crippen LogP contribution in [-0.4, -0.2) is 35.1 Å². The molecule has 1 aliphatic heterocycles. The number of fused-ring (bicyclic) bond motifs is 2. The van der Waals surface area contributed by atoms with Crippen molar-refractivity contribution in [1.82, 2.24) is 9.88 Å². The number of nitrogens with zero attached hydrogens (tertiary/aromatic N) is 2. The Morgan fingerprint density at radius 1 is 1.32 bits per heavy atom. The lowest BCUT2D eigenvalue weighted by atomic mass is 10.0. The third kappa shape index (κ3) is 3.83. The van der Waals surface area contributed by atoms with Crippen LogP contribution >= 0.6 is 22.7 Å². The molecule has 1 N–H and O–H groups in total. The van der Waals surface area contributed by atoms with Crippen molar-refractivity contribution in [1.29, 1.82) is 0 Å². The van der Waals surface area contributed by atoms with Crippen molar-refractivity contribution in [3.05, 3.63) is 34.7 Å². The number of carbonyl (C=O) groups excluding carboxylic acids is 1. The molecule has 3 heterocycles. The van der Waals surface area contributed by atoms with E-state index in [4.69, 9.17) is 4.98 Å². The van der Waals surface area contributed by atoms with E-state index in [0.717, 1.165) is 45.3 Å². The molecule has 0 saturated carbocycles. The number of amides is 1. The Morgan fingerprint density at radius 2 is 2.14 bits per heavy atom. The van der Waals surface area contributed by atoms with E-state index in [-0.39, 0.29) is 18.7 Å². The van der Waals surface area contributed by atoms with Crippen LogP contribution < -0.4 is 5.32 Å². The summed E-state index contributed by atoms with van der Waals surface area (Å²) in [4.78, 5) is 20.9. The van der Waals surface area contributed by atoms with E-state index in [0.29, 0.717) is 6.04 Å². The zero-order valence-electron chi connectivity index (χ0n) is 16.1. The van der Waals surface area contributed by atoms with Gasteiger partial charge in [-0.3, -0.25) is 14.1 Å². The Morgan fingerprint density at radius 3 is 2.89 bits per heavy atom. The van der Waals surface area contributed by atoms with Crippen molar-refractivity contribution in [3.8, 4) is 10.6 Å². The molecule has 0 spiro atoms. The molecule has 1 amide bonds. The van der Waals surface area contributed by atoms with E-state index < -0.39 is 6.67 Å². The summed E-state index contributed by atoms with van der Waals surface area (Å²) in [6.07, 6.45) is 1.42. The average molecular weight is 418 g/mol. The van der Waals surface area contributed by atoms with Gasteiger partial charge in [-0.1, -0.05) is 12.1 Å². The monoisotopic (exact) mass is 417 g/mol. The van der Waals surface area contributed by atoms with Gasteiger partial charge in [0.1, 0.15) is 10.0 Å². The molecule has 0 saturated heterocycles. The molecule has 1 aliphatic rings. The van der Waals surface area contributed by atoms with Crippen LogP contribution in [-0.2, 0) is 17.8 Å². The highest BCUT2D eigenvalue weighted by Gasteiger charge is 2.28. The second-order valence-electron chi connectivity index (χ2n) is 7.35. The summed E-state index contributed by atoms with van der Waals surface area (Å²) >= 11 is 3.31. The maximum Gasteiger partial charge on any atom is 0.225 e. The Bertz CT molecular complexity index is 962. The van der Waals surface area contributed by atoms with E-state index in [9.17, 15) is 9.18 Å². The molecule has 0 unspecified atom stereocenters. The van der Waals surface area contributed by atoms with E-state index >= 15 is 0 Å². The number of nitrogens with one attached hydrogen (secondary N) is 1. The molecule has 148 valence electrons. The smallest absolute Gasteiger partial charge is 0.225 e. The molecule has 0 atom stereocenters. The first kappa shape index (κ1) is 19.5. The first-order valence-electron chi connectivity index (χ1n) is 9.67. The van der Waals surface area contributed by atoms with Gasteiger partial charge in [0.15, 0.2) is 0 Å². The van der Waals surface area contributed by atoms with Crippen LogP contribution in [0.4, 0.5) is 9.39 Å². The summed E-state index contributed by atoms with van der Waals surface area (Å²) < 4.78 is 13.6. The van der Waals surface area contributed by atoms with Gasteiger partial charge in [0.2, 0.25) is 5.91 Å². The van der Waals surface area contributed by atoms with Crippen LogP contribution in [0.5, 0.6) is 0 Å². The van der Waals surface area contributed by atoms with E-state index in [1.54, 1.807) is 22.7 Å². The highest BCUT2D eigenvalue weighted by Crippen LogP contribution is 2.45. The number of aromatic nitrogens is 1. The van der Waals surface area contributed by atoms with Crippen LogP contribution in [0.3, 0.4) is 0 Å². The van der Waals surface area contributed by atoms with E-state index in [1.807, 2.05) is 18.2 Å². The number of alkyl halides is 1. The third-order valence-electron chi connectivity index (χ3n) is 5.11. The molecule has 1 aromatic carbocycles. The van der Waals surface area contributed by atoms with Gasteiger partial charge in [0.25, 0.3) is 0 Å². The lowest BCUT2D eigenvalue weighted by Gasteiger charge is -2.30. The fourth-order valence-corrected chi connectivity index (χ4v) is 5.97. The minimum Gasteiger partial charge on any atom is -0.317 e. The van der Waals surface area contributed by atoms with Crippen molar-refractivity contribution in [2.75, 3.05) is 18.5 Å². The molecular formula is C21H24FN3OS2. The van der Waals surface area contributed by atoms with Gasteiger partial charge in [0.05, 0.1) is 16.9 Å². The average Bonchev–Trinajstić information content (AvgIpc) is 3.25. The van der Waals surface area contributed by atoms with Crippen molar-refractivity contribution in [2.45, 2.75) is 45.7 Å². The molecule has 7 heteroatoms. The van der Waals surface area contributed by atoms with Crippen LogP contribution in [0.15, 0.2) is 24.3 Å². The van der Waals surface area contributed by atoms with Crippen molar-refractivity contribution in [2.24, 2.45) is 0 Å². The number of rotatable bonds is 6. The standard InChI is InChI=1S/C21H24FN3OS2/c1-13(2)25-11-9-14-17(12-25)28-21(24-18(26)8-5-10-22)19(14)20-23-15-6-3-4-7-16(15)27-20/h3-4,6-7,13H,5,8-12H2,1-2H3,(H,24,26). The largest absolute Gasteiger partial charge is 0.317 e. The molecular weight excluding hydrogens is 393 g/mol. The second-order valence-corrected chi connectivity index (χ2v) is 9.49. The summed E-state index contributed by atoms with van der Waals surface area (Å²) in [6, 6.07) is 8.61. The number of thiazole rings is 1. The van der Waals surface area contributed by atoms with Gasteiger partial charge in [0, 0.05) is 36.0 Å². The minimum atomic E-state index is -0.470. The minimum absolute atomic E-state index is 0.126. The molecule has 4 rings (SSSR count).